The molecule has 1 N–H and O–H groups in total. The summed E-state index contributed by atoms with van der Waals surface area (Å²) in [6, 6.07) is 4.07. The van der Waals surface area contributed by atoms with E-state index in [9.17, 15) is 0 Å². The van der Waals surface area contributed by atoms with Gasteiger partial charge >= 0.3 is 0 Å². The van der Waals surface area contributed by atoms with E-state index in [1.807, 2.05) is 26.4 Å². The molecule has 0 amide bonds. The van der Waals surface area contributed by atoms with Crippen molar-refractivity contribution >= 4 is 0 Å². The fraction of sp³-hybridized carbons (Fsp3) is 0.467. The van der Waals surface area contributed by atoms with Crippen LogP contribution in [0.3, 0.4) is 0 Å². The van der Waals surface area contributed by atoms with Crippen LogP contribution in [0.1, 0.15) is 32.0 Å². The second kappa shape index (κ2) is 5.63. The standard InChI is InChI=1S/C15H22N4O/c1-15(2,3)13-6-11(8-16-4)7-14(18-13)20-12-9-17-19(5)10-12/h6-7,9-10,16H,8H2,1-5H3. The zero-order chi connectivity index (χ0) is 14.8. The predicted molar refractivity (Wildman–Crippen MR) is 79.0 cm³/mol. The maximum Gasteiger partial charge on any atom is 0.219 e. The zero-order valence-corrected chi connectivity index (χ0v) is 12.8. The smallest absolute Gasteiger partial charge is 0.219 e. The largest absolute Gasteiger partial charge is 0.436 e. The van der Waals surface area contributed by atoms with Gasteiger partial charge in [0, 0.05) is 25.1 Å². The Labute approximate surface area is 120 Å². The van der Waals surface area contributed by atoms with Crippen LogP contribution in [0.5, 0.6) is 11.6 Å². The van der Waals surface area contributed by atoms with Crippen molar-refractivity contribution < 1.29 is 4.74 Å². The lowest BCUT2D eigenvalue weighted by Gasteiger charge is -2.19. The molecule has 0 spiro atoms. The fourth-order valence-corrected chi connectivity index (χ4v) is 1.87. The molecule has 0 saturated heterocycles. The molecule has 2 aromatic rings. The molecule has 0 unspecified atom stereocenters. The Morgan fingerprint density at radius 3 is 2.60 bits per heavy atom. The quantitative estimate of drug-likeness (QED) is 0.931. The van der Waals surface area contributed by atoms with E-state index in [-0.39, 0.29) is 5.41 Å². The van der Waals surface area contributed by atoms with Gasteiger partial charge in [-0.1, -0.05) is 20.8 Å². The van der Waals surface area contributed by atoms with Gasteiger partial charge in [-0.25, -0.2) is 4.98 Å². The van der Waals surface area contributed by atoms with Crippen LogP contribution in [0.2, 0.25) is 0 Å². The minimum Gasteiger partial charge on any atom is -0.436 e. The molecule has 2 aromatic heterocycles. The minimum absolute atomic E-state index is 0.0171. The Kier molecular flexibility index (Phi) is 4.09. The summed E-state index contributed by atoms with van der Waals surface area (Å²) in [4.78, 5) is 4.60. The maximum atomic E-state index is 5.80. The SMILES string of the molecule is CNCc1cc(Oc2cnn(C)c2)nc(C(C)(C)C)c1. The highest BCUT2D eigenvalue weighted by molar-refractivity contribution is 5.31. The van der Waals surface area contributed by atoms with Gasteiger partial charge < -0.3 is 10.1 Å². The Morgan fingerprint density at radius 2 is 2.05 bits per heavy atom. The van der Waals surface area contributed by atoms with Gasteiger partial charge in [-0.05, 0) is 18.7 Å². The van der Waals surface area contributed by atoms with Gasteiger partial charge in [0.25, 0.3) is 0 Å². The van der Waals surface area contributed by atoms with Gasteiger partial charge in [-0.15, -0.1) is 0 Å². The molecule has 0 saturated carbocycles. The summed E-state index contributed by atoms with van der Waals surface area (Å²) in [5.74, 6) is 1.30. The highest BCUT2D eigenvalue weighted by Crippen LogP contribution is 2.26. The van der Waals surface area contributed by atoms with Crippen molar-refractivity contribution in [3.8, 4) is 11.6 Å². The lowest BCUT2D eigenvalue weighted by Crippen LogP contribution is -2.15. The Balaban J connectivity index is 2.33. The molecule has 0 aliphatic carbocycles. The molecule has 0 aromatic carbocycles. The average Bonchev–Trinajstić information content (AvgIpc) is 2.74. The molecule has 5 heteroatoms. The van der Waals surface area contributed by atoms with E-state index in [0.29, 0.717) is 11.6 Å². The Morgan fingerprint density at radius 1 is 1.30 bits per heavy atom. The lowest BCUT2D eigenvalue weighted by molar-refractivity contribution is 0.450. The van der Waals surface area contributed by atoms with Crippen molar-refractivity contribution in [2.75, 3.05) is 7.05 Å². The van der Waals surface area contributed by atoms with Crippen LogP contribution in [-0.4, -0.2) is 21.8 Å². The number of pyridine rings is 1. The molecule has 2 heterocycles. The van der Waals surface area contributed by atoms with Gasteiger partial charge in [0.15, 0.2) is 5.75 Å². The number of hydrogen-bond acceptors (Lipinski definition) is 4. The van der Waals surface area contributed by atoms with E-state index < -0.39 is 0 Å². The highest BCUT2D eigenvalue weighted by Gasteiger charge is 2.18. The number of hydrogen-bond donors (Lipinski definition) is 1. The number of nitrogens with zero attached hydrogens (tertiary/aromatic N) is 3. The van der Waals surface area contributed by atoms with Crippen LogP contribution in [-0.2, 0) is 19.0 Å². The van der Waals surface area contributed by atoms with Crippen molar-refractivity contribution in [1.82, 2.24) is 20.1 Å². The number of aromatic nitrogens is 3. The molecular weight excluding hydrogens is 252 g/mol. The average molecular weight is 274 g/mol. The maximum absolute atomic E-state index is 5.80. The van der Waals surface area contributed by atoms with Crippen LogP contribution in [0.25, 0.3) is 0 Å². The van der Waals surface area contributed by atoms with Gasteiger partial charge in [0.05, 0.1) is 18.1 Å². The molecule has 5 nitrogen and oxygen atoms in total. The molecule has 0 aliphatic rings. The van der Waals surface area contributed by atoms with E-state index in [2.05, 4.69) is 42.2 Å². The van der Waals surface area contributed by atoms with E-state index in [1.165, 1.54) is 0 Å². The first-order valence-electron chi connectivity index (χ1n) is 6.71. The van der Waals surface area contributed by atoms with Crippen molar-refractivity contribution in [1.29, 1.82) is 0 Å². The molecule has 0 radical (unpaired) electrons. The van der Waals surface area contributed by atoms with Crippen LogP contribution < -0.4 is 10.1 Å². The Hall–Kier alpha value is -1.88. The van der Waals surface area contributed by atoms with Gasteiger partial charge in [-0.2, -0.15) is 5.10 Å². The van der Waals surface area contributed by atoms with Crippen molar-refractivity contribution in [3.05, 3.63) is 35.8 Å². The summed E-state index contributed by atoms with van der Waals surface area (Å²) < 4.78 is 7.51. The van der Waals surface area contributed by atoms with Gasteiger partial charge in [0.1, 0.15) is 0 Å². The lowest BCUT2D eigenvalue weighted by atomic mass is 9.91. The van der Waals surface area contributed by atoms with Crippen molar-refractivity contribution in [2.45, 2.75) is 32.7 Å². The molecule has 0 atom stereocenters. The second-order valence-electron chi connectivity index (χ2n) is 5.93. The normalized spacial score (nSPS) is 11.7. The summed E-state index contributed by atoms with van der Waals surface area (Å²) in [5.41, 5.74) is 2.16. The minimum atomic E-state index is -0.0171. The predicted octanol–water partition coefficient (Wildman–Crippen LogP) is 2.62. The highest BCUT2D eigenvalue weighted by atomic mass is 16.5. The molecule has 108 valence electrons. The second-order valence-corrected chi connectivity index (χ2v) is 5.93. The molecule has 2 rings (SSSR count). The third-order valence-corrected chi connectivity index (χ3v) is 2.91. The van der Waals surface area contributed by atoms with E-state index in [1.54, 1.807) is 10.9 Å². The molecule has 20 heavy (non-hydrogen) atoms. The van der Waals surface area contributed by atoms with Crippen LogP contribution in [0.15, 0.2) is 24.5 Å². The number of ether oxygens (including phenoxy) is 1. The van der Waals surface area contributed by atoms with Crippen molar-refractivity contribution in [3.63, 3.8) is 0 Å². The summed E-state index contributed by atoms with van der Waals surface area (Å²) in [5, 5.41) is 7.25. The first-order chi connectivity index (χ1) is 9.38. The molecule has 0 bridgehead atoms. The van der Waals surface area contributed by atoms with Gasteiger partial charge in [0.2, 0.25) is 5.88 Å². The van der Waals surface area contributed by atoms with E-state index >= 15 is 0 Å². The number of aryl methyl sites for hydroxylation is 1. The Bertz CT molecular complexity index is 584. The third kappa shape index (κ3) is 3.57. The molecular formula is C15H22N4O. The van der Waals surface area contributed by atoms with Crippen LogP contribution in [0, 0.1) is 0 Å². The summed E-state index contributed by atoms with van der Waals surface area (Å²) in [6.45, 7) is 7.22. The number of nitrogens with one attached hydrogen (secondary N) is 1. The van der Waals surface area contributed by atoms with Crippen molar-refractivity contribution in [2.24, 2.45) is 7.05 Å². The zero-order valence-electron chi connectivity index (χ0n) is 12.8. The molecule has 0 aliphatic heterocycles. The summed E-state index contributed by atoms with van der Waals surface area (Å²) in [6.07, 6.45) is 3.51. The van der Waals surface area contributed by atoms with Crippen LogP contribution in [0.4, 0.5) is 0 Å². The van der Waals surface area contributed by atoms with E-state index in [0.717, 1.165) is 17.8 Å². The first kappa shape index (κ1) is 14.5. The topological polar surface area (TPSA) is 52.0 Å². The van der Waals surface area contributed by atoms with E-state index in [4.69, 9.17) is 4.74 Å². The molecule has 0 fully saturated rings. The van der Waals surface area contributed by atoms with Gasteiger partial charge in [-0.3, -0.25) is 4.68 Å². The summed E-state index contributed by atoms with van der Waals surface area (Å²) in [7, 11) is 3.79. The first-order valence-corrected chi connectivity index (χ1v) is 6.71. The third-order valence-electron chi connectivity index (χ3n) is 2.91. The van der Waals surface area contributed by atoms with Crippen LogP contribution >= 0.6 is 0 Å². The number of rotatable bonds is 4. The fourth-order valence-electron chi connectivity index (χ4n) is 1.87. The monoisotopic (exact) mass is 274 g/mol. The summed E-state index contributed by atoms with van der Waals surface area (Å²) >= 11 is 0.